The zero-order chi connectivity index (χ0) is 23.4. The Morgan fingerprint density at radius 2 is 2.00 bits per heavy atom. The highest BCUT2D eigenvalue weighted by atomic mass is 16.6. The van der Waals surface area contributed by atoms with Gasteiger partial charge in [0.2, 0.25) is 0 Å². The monoisotopic (exact) mass is 460 g/mol. The molecule has 1 N–H and O–H groups in total. The summed E-state index contributed by atoms with van der Waals surface area (Å²) in [5, 5.41) is 15.2. The molecule has 33 heavy (non-hydrogen) atoms. The Kier molecular flexibility index (Phi) is 7.44. The first-order valence-electron chi connectivity index (χ1n) is 12.0. The summed E-state index contributed by atoms with van der Waals surface area (Å²) in [5.74, 6) is 1.57. The Morgan fingerprint density at radius 1 is 1.21 bits per heavy atom. The normalized spacial score (nSPS) is 19.9. The van der Waals surface area contributed by atoms with Crippen LogP contribution in [0.2, 0.25) is 0 Å². The van der Waals surface area contributed by atoms with Crippen molar-refractivity contribution in [1.29, 1.82) is 0 Å². The van der Waals surface area contributed by atoms with Crippen LogP contribution in [0.15, 0.2) is 16.7 Å². The molecule has 1 atom stereocenters. The topological polar surface area (TPSA) is 94.3 Å². The minimum absolute atomic E-state index is 0.161. The van der Waals surface area contributed by atoms with Gasteiger partial charge in [-0.05, 0) is 70.9 Å². The van der Waals surface area contributed by atoms with Gasteiger partial charge in [-0.1, -0.05) is 5.16 Å². The van der Waals surface area contributed by atoms with E-state index in [1.165, 1.54) is 0 Å². The Hall–Kier alpha value is -2.32. The maximum Gasteiger partial charge on any atom is 0.410 e. The number of carbonyl (C=O) groups excluding carboxylic acids is 1. The van der Waals surface area contributed by atoms with Crippen LogP contribution < -0.4 is 4.74 Å². The molecule has 0 spiro atoms. The van der Waals surface area contributed by atoms with Crippen molar-refractivity contribution in [2.45, 2.75) is 65.1 Å². The smallest absolute Gasteiger partial charge is 0.410 e. The van der Waals surface area contributed by atoms with Crippen LogP contribution in [-0.4, -0.2) is 59.8 Å². The quantitative estimate of drug-likeness (QED) is 0.658. The lowest BCUT2D eigenvalue weighted by Crippen LogP contribution is -2.41. The number of hydrogen-bond acceptors (Lipinski definition) is 7. The Bertz CT molecular complexity index is 936. The summed E-state index contributed by atoms with van der Waals surface area (Å²) in [6, 6.07) is 3.88. The number of likely N-dealkylation sites (tertiary alicyclic amines) is 1. The van der Waals surface area contributed by atoms with E-state index in [0.29, 0.717) is 35.3 Å². The first-order chi connectivity index (χ1) is 15.8. The summed E-state index contributed by atoms with van der Waals surface area (Å²) in [4.78, 5) is 14.1. The number of aromatic nitrogens is 1. The molecular weight excluding hydrogens is 424 g/mol. The van der Waals surface area contributed by atoms with E-state index in [0.717, 1.165) is 69.5 Å². The molecule has 2 fully saturated rings. The zero-order valence-corrected chi connectivity index (χ0v) is 20.0. The van der Waals surface area contributed by atoms with Crippen molar-refractivity contribution in [3.05, 3.63) is 23.4 Å². The third-order valence-electron chi connectivity index (χ3n) is 6.49. The van der Waals surface area contributed by atoms with Gasteiger partial charge in [-0.2, -0.15) is 0 Å². The maximum atomic E-state index is 12.3. The van der Waals surface area contributed by atoms with Gasteiger partial charge in [0.15, 0.2) is 5.58 Å². The molecule has 182 valence electrons. The van der Waals surface area contributed by atoms with Crippen LogP contribution in [0, 0.1) is 11.8 Å². The average molecular weight is 461 g/mol. The molecule has 2 aliphatic rings. The number of aryl methyl sites for hydroxylation is 1. The number of benzene rings is 1. The van der Waals surface area contributed by atoms with E-state index in [-0.39, 0.29) is 12.7 Å². The molecule has 2 saturated heterocycles. The van der Waals surface area contributed by atoms with Crippen molar-refractivity contribution >= 4 is 17.1 Å². The molecule has 2 aromatic rings. The number of aliphatic hydroxyl groups is 1. The largest absolute Gasteiger partial charge is 0.493 e. The Labute approximate surface area is 195 Å². The lowest BCUT2D eigenvalue weighted by molar-refractivity contribution is 0.0181. The number of nitrogens with zero attached hydrogens (tertiary/aromatic N) is 2. The number of ether oxygens (including phenoxy) is 3. The third kappa shape index (κ3) is 5.98. The predicted octanol–water partition coefficient (Wildman–Crippen LogP) is 4.32. The van der Waals surface area contributed by atoms with Gasteiger partial charge in [-0.25, -0.2) is 4.79 Å². The highest BCUT2D eigenvalue weighted by molar-refractivity contribution is 5.84. The fraction of sp³-hybridized carbons (Fsp3) is 0.680. The minimum Gasteiger partial charge on any atom is -0.493 e. The Morgan fingerprint density at radius 3 is 2.67 bits per heavy atom. The summed E-state index contributed by atoms with van der Waals surface area (Å²) in [6.45, 7) is 9.03. The molecule has 8 nitrogen and oxygen atoms in total. The number of rotatable bonds is 7. The zero-order valence-electron chi connectivity index (χ0n) is 20.0. The van der Waals surface area contributed by atoms with E-state index >= 15 is 0 Å². The van der Waals surface area contributed by atoms with Gasteiger partial charge < -0.3 is 28.7 Å². The van der Waals surface area contributed by atoms with Gasteiger partial charge in [-0.15, -0.1) is 0 Å². The van der Waals surface area contributed by atoms with Crippen LogP contribution in [0.4, 0.5) is 4.79 Å². The van der Waals surface area contributed by atoms with Crippen molar-refractivity contribution in [2.75, 3.05) is 32.9 Å². The van der Waals surface area contributed by atoms with E-state index in [2.05, 4.69) is 5.16 Å². The molecule has 0 saturated carbocycles. The molecule has 3 heterocycles. The first kappa shape index (κ1) is 23.8. The molecule has 0 bridgehead atoms. The van der Waals surface area contributed by atoms with Gasteiger partial charge in [0.05, 0.1) is 31.1 Å². The fourth-order valence-electron chi connectivity index (χ4n) is 4.55. The van der Waals surface area contributed by atoms with Crippen LogP contribution in [-0.2, 0) is 22.5 Å². The van der Waals surface area contributed by atoms with Gasteiger partial charge in [0, 0.05) is 31.0 Å². The molecule has 1 aromatic carbocycles. The SMILES string of the molecule is CC(C)(C)OC(=O)N1CCC(CCc2noc3c(CO)c(OCC4CCOC4)ccc23)CC1. The number of aliphatic hydroxyl groups excluding tert-OH is 1. The molecule has 0 radical (unpaired) electrons. The van der Waals surface area contributed by atoms with Crippen LogP contribution in [0.5, 0.6) is 5.75 Å². The van der Waals surface area contributed by atoms with Gasteiger partial charge in [-0.3, -0.25) is 0 Å². The maximum absolute atomic E-state index is 12.3. The van der Waals surface area contributed by atoms with Gasteiger partial charge >= 0.3 is 6.09 Å². The second kappa shape index (κ2) is 10.3. The van der Waals surface area contributed by atoms with Crippen molar-refractivity contribution in [2.24, 2.45) is 11.8 Å². The summed E-state index contributed by atoms with van der Waals surface area (Å²) in [5.41, 5.74) is 1.69. The van der Waals surface area contributed by atoms with Crippen molar-refractivity contribution < 1.29 is 28.6 Å². The molecular formula is C25H36N2O6. The second-order valence-corrected chi connectivity index (χ2v) is 10.2. The van der Waals surface area contributed by atoms with Crippen LogP contribution in [0.25, 0.3) is 11.0 Å². The summed E-state index contributed by atoms with van der Waals surface area (Å²) in [6.07, 6.45) is 4.48. The average Bonchev–Trinajstić information content (AvgIpc) is 3.45. The molecule has 0 aliphatic carbocycles. The van der Waals surface area contributed by atoms with Crippen LogP contribution >= 0.6 is 0 Å². The summed E-state index contributed by atoms with van der Waals surface area (Å²) >= 11 is 0. The predicted molar refractivity (Wildman–Crippen MR) is 123 cm³/mol. The number of amides is 1. The van der Waals surface area contributed by atoms with Crippen molar-refractivity contribution in [3.8, 4) is 5.75 Å². The summed E-state index contributed by atoms with van der Waals surface area (Å²) in [7, 11) is 0. The Balaban J connectivity index is 1.32. The third-order valence-corrected chi connectivity index (χ3v) is 6.49. The van der Waals surface area contributed by atoms with Gasteiger partial charge in [0.25, 0.3) is 0 Å². The highest BCUT2D eigenvalue weighted by Crippen LogP contribution is 2.32. The summed E-state index contributed by atoms with van der Waals surface area (Å²) < 4.78 is 22.5. The van der Waals surface area contributed by atoms with E-state index < -0.39 is 5.60 Å². The van der Waals surface area contributed by atoms with Crippen LogP contribution in [0.1, 0.15) is 57.7 Å². The molecule has 1 aromatic heterocycles. The van der Waals surface area contributed by atoms with E-state index in [1.807, 2.05) is 32.9 Å². The lowest BCUT2D eigenvalue weighted by Gasteiger charge is -2.33. The minimum atomic E-state index is -0.467. The number of fused-ring (bicyclic) bond motifs is 1. The van der Waals surface area contributed by atoms with Crippen molar-refractivity contribution in [3.63, 3.8) is 0 Å². The van der Waals surface area contributed by atoms with Gasteiger partial charge in [0.1, 0.15) is 11.4 Å². The molecule has 1 unspecified atom stereocenters. The standard InChI is InChI=1S/C25H36N2O6/c1-25(2,3)32-24(29)27-11-8-17(9-12-27)4-6-21-19-5-7-22(20(14-28)23(19)33-26-21)31-16-18-10-13-30-15-18/h5,7,17-18,28H,4,6,8-16H2,1-3H3. The molecule has 2 aliphatic heterocycles. The fourth-order valence-corrected chi connectivity index (χ4v) is 4.55. The number of carbonyl (C=O) groups is 1. The first-order valence-corrected chi connectivity index (χ1v) is 12.0. The van der Waals surface area contributed by atoms with Crippen LogP contribution in [0.3, 0.4) is 0 Å². The molecule has 1 amide bonds. The van der Waals surface area contributed by atoms with Crippen molar-refractivity contribution in [1.82, 2.24) is 10.1 Å². The molecule has 4 rings (SSSR count). The number of piperidine rings is 1. The van der Waals surface area contributed by atoms with E-state index in [4.69, 9.17) is 18.7 Å². The number of hydrogen-bond donors (Lipinski definition) is 1. The van der Waals surface area contributed by atoms with E-state index in [9.17, 15) is 9.90 Å². The molecule has 8 heteroatoms. The second-order valence-electron chi connectivity index (χ2n) is 10.2. The highest BCUT2D eigenvalue weighted by Gasteiger charge is 2.27. The lowest BCUT2D eigenvalue weighted by atomic mass is 9.91. The van der Waals surface area contributed by atoms with E-state index in [1.54, 1.807) is 4.90 Å².